The Morgan fingerprint density at radius 3 is 2.65 bits per heavy atom. The molecule has 0 aromatic heterocycles. The largest absolute Gasteiger partial charge is 0.391 e. The van der Waals surface area contributed by atoms with Crippen molar-refractivity contribution >= 4 is 0 Å². The lowest BCUT2D eigenvalue weighted by molar-refractivity contribution is -0.186. The zero-order chi connectivity index (χ0) is 12.9. The van der Waals surface area contributed by atoms with E-state index in [1.165, 1.54) is 0 Å². The lowest BCUT2D eigenvalue weighted by Crippen LogP contribution is -2.40. The fourth-order valence-corrected chi connectivity index (χ4v) is 2.41. The Morgan fingerprint density at radius 2 is 2.06 bits per heavy atom. The standard InChI is InChI=1S/C12H22F3NO/c1-2-6-17-8-11(16)9-4-3-5-10(7-9)12(13,14)15/h9-11H,2-8,16H2,1H3. The fourth-order valence-electron chi connectivity index (χ4n) is 2.41. The molecular formula is C12H22F3NO. The molecule has 1 aliphatic carbocycles. The van der Waals surface area contributed by atoms with Crippen LogP contribution in [-0.4, -0.2) is 25.4 Å². The molecular weight excluding hydrogens is 231 g/mol. The summed E-state index contributed by atoms with van der Waals surface area (Å²) < 4.78 is 43.2. The first-order valence-electron chi connectivity index (χ1n) is 6.35. The van der Waals surface area contributed by atoms with E-state index in [1.54, 1.807) is 0 Å². The lowest BCUT2D eigenvalue weighted by atomic mass is 9.78. The molecule has 1 saturated carbocycles. The molecule has 0 aromatic carbocycles. The highest BCUT2D eigenvalue weighted by molar-refractivity contribution is 4.83. The highest BCUT2D eigenvalue weighted by Gasteiger charge is 2.43. The summed E-state index contributed by atoms with van der Waals surface area (Å²) in [6.45, 7) is 3.00. The molecule has 0 radical (unpaired) electrons. The highest BCUT2D eigenvalue weighted by Crippen LogP contribution is 2.40. The van der Waals surface area contributed by atoms with Gasteiger partial charge in [0.25, 0.3) is 0 Å². The monoisotopic (exact) mass is 253 g/mol. The summed E-state index contributed by atoms with van der Waals surface area (Å²) in [5, 5.41) is 0. The average Bonchev–Trinajstić information content (AvgIpc) is 2.28. The van der Waals surface area contributed by atoms with Crippen LogP contribution in [0.5, 0.6) is 0 Å². The molecule has 0 aromatic rings. The van der Waals surface area contributed by atoms with Gasteiger partial charge in [-0.25, -0.2) is 0 Å². The number of ether oxygens (including phenoxy) is 1. The molecule has 17 heavy (non-hydrogen) atoms. The molecule has 1 aliphatic rings. The van der Waals surface area contributed by atoms with Gasteiger partial charge in [0.1, 0.15) is 0 Å². The van der Waals surface area contributed by atoms with Gasteiger partial charge in [-0.05, 0) is 31.6 Å². The third-order valence-corrected chi connectivity index (χ3v) is 3.44. The Hall–Kier alpha value is -0.290. The Bertz CT molecular complexity index is 220. The topological polar surface area (TPSA) is 35.2 Å². The molecule has 5 heteroatoms. The van der Waals surface area contributed by atoms with Gasteiger partial charge in [-0.1, -0.05) is 13.3 Å². The molecule has 2 N–H and O–H groups in total. The SMILES string of the molecule is CCCOCC(N)C1CCCC(C(F)(F)F)C1. The number of nitrogens with two attached hydrogens (primary N) is 1. The summed E-state index contributed by atoms with van der Waals surface area (Å²) in [7, 11) is 0. The van der Waals surface area contributed by atoms with E-state index in [-0.39, 0.29) is 24.8 Å². The molecule has 1 fully saturated rings. The molecule has 3 unspecified atom stereocenters. The van der Waals surface area contributed by atoms with Crippen LogP contribution in [0.1, 0.15) is 39.0 Å². The fraction of sp³-hybridized carbons (Fsp3) is 1.00. The van der Waals surface area contributed by atoms with Crippen molar-refractivity contribution in [1.82, 2.24) is 0 Å². The van der Waals surface area contributed by atoms with E-state index in [4.69, 9.17) is 10.5 Å². The van der Waals surface area contributed by atoms with Crippen LogP contribution in [0.2, 0.25) is 0 Å². The smallest absolute Gasteiger partial charge is 0.380 e. The molecule has 0 amide bonds. The van der Waals surface area contributed by atoms with Crippen molar-refractivity contribution in [3.05, 3.63) is 0 Å². The van der Waals surface area contributed by atoms with E-state index in [0.717, 1.165) is 12.8 Å². The van der Waals surface area contributed by atoms with E-state index in [9.17, 15) is 13.2 Å². The summed E-state index contributed by atoms with van der Waals surface area (Å²) in [4.78, 5) is 0. The minimum absolute atomic E-state index is 0.0489. The summed E-state index contributed by atoms with van der Waals surface area (Å²) in [6.07, 6.45) is -1.33. The van der Waals surface area contributed by atoms with Crippen LogP contribution in [0, 0.1) is 11.8 Å². The van der Waals surface area contributed by atoms with E-state index in [1.807, 2.05) is 6.92 Å². The van der Waals surface area contributed by atoms with Gasteiger partial charge in [0, 0.05) is 12.6 Å². The first-order valence-corrected chi connectivity index (χ1v) is 6.35. The van der Waals surface area contributed by atoms with Crippen LogP contribution in [0.15, 0.2) is 0 Å². The second-order valence-electron chi connectivity index (χ2n) is 4.90. The number of halogens is 3. The van der Waals surface area contributed by atoms with Crippen LogP contribution in [0.4, 0.5) is 13.2 Å². The lowest BCUT2D eigenvalue weighted by Gasteiger charge is -2.33. The summed E-state index contributed by atoms with van der Waals surface area (Å²) in [5.41, 5.74) is 5.90. The van der Waals surface area contributed by atoms with Crippen molar-refractivity contribution in [2.75, 3.05) is 13.2 Å². The van der Waals surface area contributed by atoms with E-state index in [2.05, 4.69) is 0 Å². The third-order valence-electron chi connectivity index (χ3n) is 3.44. The maximum Gasteiger partial charge on any atom is 0.391 e. The molecule has 102 valence electrons. The predicted molar refractivity (Wildman–Crippen MR) is 60.6 cm³/mol. The number of rotatable bonds is 5. The number of alkyl halides is 3. The summed E-state index contributed by atoms with van der Waals surface area (Å²) in [5.74, 6) is -1.22. The summed E-state index contributed by atoms with van der Waals surface area (Å²) in [6, 6.07) is -0.258. The zero-order valence-corrected chi connectivity index (χ0v) is 10.3. The number of hydrogen-bond donors (Lipinski definition) is 1. The van der Waals surface area contributed by atoms with Crippen molar-refractivity contribution in [2.24, 2.45) is 17.6 Å². The predicted octanol–water partition coefficient (Wildman–Crippen LogP) is 3.11. The van der Waals surface area contributed by atoms with Gasteiger partial charge < -0.3 is 10.5 Å². The Labute approximate surface area is 101 Å². The first-order chi connectivity index (χ1) is 7.95. The van der Waals surface area contributed by atoms with Gasteiger partial charge in [-0.2, -0.15) is 13.2 Å². The third kappa shape index (κ3) is 4.84. The maximum absolute atomic E-state index is 12.6. The van der Waals surface area contributed by atoms with Crippen molar-refractivity contribution in [3.8, 4) is 0 Å². The Balaban J connectivity index is 2.38. The molecule has 0 saturated heterocycles. The van der Waals surface area contributed by atoms with Gasteiger partial charge in [0.2, 0.25) is 0 Å². The first kappa shape index (κ1) is 14.8. The van der Waals surface area contributed by atoms with Gasteiger partial charge >= 0.3 is 6.18 Å². The molecule has 0 bridgehead atoms. The zero-order valence-electron chi connectivity index (χ0n) is 10.3. The van der Waals surface area contributed by atoms with E-state index < -0.39 is 12.1 Å². The van der Waals surface area contributed by atoms with Gasteiger partial charge in [-0.3, -0.25) is 0 Å². The van der Waals surface area contributed by atoms with E-state index >= 15 is 0 Å². The van der Waals surface area contributed by atoms with Gasteiger partial charge in [0.05, 0.1) is 12.5 Å². The van der Waals surface area contributed by atoms with Crippen LogP contribution < -0.4 is 5.73 Å². The van der Waals surface area contributed by atoms with Crippen molar-refractivity contribution in [3.63, 3.8) is 0 Å². The minimum atomic E-state index is -4.07. The van der Waals surface area contributed by atoms with Crippen LogP contribution in [0.25, 0.3) is 0 Å². The van der Waals surface area contributed by atoms with Crippen LogP contribution >= 0.6 is 0 Å². The molecule has 3 atom stereocenters. The molecule has 0 aliphatic heterocycles. The molecule has 1 rings (SSSR count). The quantitative estimate of drug-likeness (QED) is 0.764. The second kappa shape index (κ2) is 6.59. The normalized spacial score (nSPS) is 28.1. The van der Waals surface area contributed by atoms with Crippen molar-refractivity contribution in [1.29, 1.82) is 0 Å². The van der Waals surface area contributed by atoms with E-state index in [0.29, 0.717) is 19.6 Å². The van der Waals surface area contributed by atoms with Crippen molar-refractivity contribution in [2.45, 2.75) is 51.2 Å². The van der Waals surface area contributed by atoms with Crippen LogP contribution in [0.3, 0.4) is 0 Å². The Morgan fingerprint density at radius 1 is 1.35 bits per heavy atom. The number of hydrogen-bond acceptors (Lipinski definition) is 2. The minimum Gasteiger partial charge on any atom is -0.380 e. The summed E-state index contributed by atoms with van der Waals surface area (Å²) >= 11 is 0. The van der Waals surface area contributed by atoms with Crippen LogP contribution in [-0.2, 0) is 4.74 Å². The maximum atomic E-state index is 12.6. The second-order valence-corrected chi connectivity index (χ2v) is 4.90. The van der Waals surface area contributed by atoms with Gasteiger partial charge in [-0.15, -0.1) is 0 Å². The highest BCUT2D eigenvalue weighted by atomic mass is 19.4. The molecule has 0 heterocycles. The molecule has 2 nitrogen and oxygen atoms in total. The van der Waals surface area contributed by atoms with Gasteiger partial charge in [0.15, 0.2) is 0 Å². The molecule has 0 spiro atoms. The average molecular weight is 253 g/mol. The van der Waals surface area contributed by atoms with Crippen molar-refractivity contribution < 1.29 is 17.9 Å². The Kier molecular flexibility index (Phi) is 5.73.